The van der Waals surface area contributed by atoms with Gasteiger partial charge in [0.1, 0.15) is 19.6 Å². The molecule has 2 nitrogen and oxygen atoms in total. The summed E-state index contributed by atoms with van der Waals surface area (Å²) < 4.78 is 2.12. The number of nitrogens with zero attached hydrogens (tertiary/aromatic N) is 2. The molecule has 2 aromatic rings. The van der Waals surface area contributed by atoms with Crippen molar-refractivity contribution in [3.8, 4) is 6.07 Å². The van der Waals surface area contributed by atoms with Crippen LogP contribution >= 0.6 is 15.9 Å². The Kier molecular flexibility index (Phi) is 5.80. The third-order valence-electron chi connectivity index (χ3n) is 4.29. The molecule has 2 unspecified atom stereocenters. The predicted octanol–water partition coefficient (Wildman–Crippen LogP) is 1.27. The van der Waals surface area contributed by atoms with Crippen LogP contribution in [0.15, 0.2) is 59.1 Å². The molecule has 1 saturated heterocycles. The van der Waals surface area contributed by atoms with E-state index in [0.717, 1.165) is 28.6 Å². The minimum absolute atomic E-state index is 0. The van der Waals surface area contributed by atoms with Crippen LogP contribution in [-0.4, -0.2) is 17.1 Å². The largest absolute Gasteiger partial charge is 1.00 e. The molecule has 0 bridgehead atoms. The van der Waals surface area contributed by atoms with Gasteiger partial charge in [0.05, 0.1) is 12.5 Å². The molecule has 0 saturated carbocycles. The smallest absolute Gasteiger partial charge is 0.152 e. The molecular weight excluding hydrogens is 404 g/mol. The van der Waals surface area contributed by atoms with E-state index in [2.05, 4.69) is 76.6 Å². The summed E-state index contributed by atoms with van der Waals surface area (Å²) in [5.41, 5.74) is 2.70. The zero-order valence-corrected chi connectivity index (χ0v) is 15.4. The fraction of sp³-hybridized carbons (Fsp3) is 0.278. The van der Waals surface area contributed by atoms with E-state index < -0.39 is 0 Å². The SMILES string of the molecule is N#CCC1C[N+]1(Cc1ccccc1)Cc1ccc(Br)cc1.[Br-]. The number of halogens is 2. The van der Waals surface area contributed by atoms with Gasteiger partial charge in [-0.05, 0) is 12.1 Å². The standard InChI is InChI=1S/C18H18BrN2.BrH/c19-17-8-6-16(7-9-17)13-21(14-18(21)10-11-20)12-15-4-2-1-3-5-15;/h1-9,18H,10,12-14H2;1H/q+1;/p-1. The monoisotopic (exact) mass is 420 g/mol. The zero-order valence-electron chi connectivity index (χ0n) is 12.3. The van der Waals surface area contributed by atoms with Crippen molar-refractivity contribution >= 4 is 15.9 Å². The lowest BCUT2D eigenvalue weighted by Crippen LogP contribution is -3.00. The Bertz CT molecular complexity index is 649. The lowest BCUT2D eigenvalue weighted by Gasteiger charge is -2.21. The predicted molar refractivity (Wildman–Crippen MR) is 87.1 cm³/mol. The minimum atomic E-state index is 0. The summed E-state index contributed by atoms with van der Waals surface area (Å²) in [5, 5.41) is 9.01. The second-order valence-electron chi connectivity index (χ2n) is 5.85. The van der Waals surface area contributed by atoms with Crippen molar-refractivity contribution in [1.82, 2.24) is 0 Å². The van der Waals surface area contributed by atoms with Crippen LogP contribution in [0.1, 0.15) is 17.5 Å². The molecule has 22 heavy (non-hydrogen) atoms. The Morgan fingerprint density at radius 1 is 1.00 bits per heavy atom. The van der Waals surface area contributed by atoms with E-state index in [-0.39, 0.29) is 17.0 Å². The summed E-state index contributed by atoms with van der Waals surface area (Å²) in [5.74, 6) is 0. The maximum atomic E-state index is 9.01. The van der Waals surface area contributed by atoms with Crippen LogP contribution in [-0.2, 0) is 13.1 Å². The summed E-state index contributed by atoms with van der Waals surface area (Å²) in [7, 11) is 0. The Morgan fingerprint density at radius 2 is 1.59 bits per heavy atom. The van der Waals surface area contributed by atoms with Gasteiger partial charge in [-0.1, -0.05) is 58.4 Å². The van der Waals surface area contributed by atoms with Gasteiger partial charge >= 0.3 is 0 Å². The number of hydrogen-bond donors (Lipinski definition) is 0. The van der Waals surface area contributed by atoms with Gasteiger partial charge in [-0.15, -0.1) is 0 Å². The normalized spacial score (nSPS) is 22.5. The van der Waals surface area contributed by atoms with E-state index >= 15 is 0 Å². The fourth-order valence-corrected chi connectivity index (χ4v) is 3.34. The number of nitriles is 1. The van der Waals surface area contributed by atoms with Gasteiger partial charge in [0.25, 0.3) is 0 Å². The molecule has 114 valence electrons. The second kappa shape index (κ2) is 7.41. The van der Waals surface area contributed by atoms with E-state index in [9.17, 15) is 0 Å². The zero-order chi connectivity index (χ0) is 14.7. The van der Waals surface area contributed by atoms with Crippen molar-refractivity contribution in [2.45, 2.75) is 25.6 Å². The Balaban J connectivity index is 0.00000176. The summed E-state index contributed by atoms with van der Waals surface area (Å²) >= 11 is 3.48. The topological polar surface area (TPSA) is 23.8 Å². The van der Waals surface area contributed by atoms with Crippen LogP contribution in [0.3, 0.4) is 0 Å². The Labute approximate surface area is 150 Å². The van der Waals surface area contributed by atoms with Crippen molar-refractivity contribution in [3.05, 3.63) is 70.2 Å². The van der Waals surface area contributed by atoms with Gasteiger partial charge in [0, 0.05) is 15.6 Å². The number of quaternary nitrogens is 1. The summed E-state index contributed by atoms with van der Waals surface area (Å²) in [6, 6.07) is 22.0. The van der Waals surface area contributed by atoms with Gasteiger partial charge in [-0.2, -0.15) is 5.26 Å². The highest BCUT2D eigenvalue weighted by Gasteiger charge is 2.54. The van der Waals surface area contributed by atoms with Crippen molar-refractivity contribution in [1.29, 1.82) is 5.26 Å². The van der Waals surface area contributed by atoms with Crippen molar-refractivity contribution in [3.63, 3.8) is 0 Å². The number of benzene rings is 2. The molecule has 4 heteroatoms. The highest BCUT2D eigenvalue weighted by atomic mass is 79.9. The van der Waals surface area contributed by atoms with E-state index in [1.807, 2.05) is 0 Å². The van der Waals surface area contributed by atoms with E-state index in [1.165, 1.54) is 11.1 Å². The number of hydrogen-bond acceptors (Lipinski definition) is 1. The molecule has 1 aliphatic rings. The summed E-state index contributed by atoms with van der Waals surface area (Å²) in [4.78, 5) is 0. The average Bonchev–Trinajstić information content (AvgIpc) is 3.15. The first kappa shape index (κ1) is 17.2. The van der Waals surface area contributed by atoms with Crippen LogP contribution in [0.5, 0.6) is 0 Å². The Hall–Kier alpha value is -1.15. The summed E-state index contributed by atoms with van der Waals surface area (Å²) in [6.07, 6.45) is 0.656. The van der Waals surface area contributed by atoms with Gasteiger partial charge in [0.15, 0.2) is 6.04 Å². The van der Waals surface area contributed by atoms with E-state index in [1.54, 1.807) is 0 Å². The van der Waals surface area contributed by atoms with Gasteiger partial charge in [-0.25, -0.2) is 0 Å². The lowest BCUT2D eigenvalue weighted by molar-refractivity contribution is -0.841. The highest BCUT2D eigenvalue weighted by Crippen LogP contribution is 2.38. The fourth-order valence-electron chi connectivity index (χ4n) is 3.08. The van der Waals surface area contributed by atoms with Crippen molar-refractivity contribution in [2.24, 2.45) is 0 Å². The molecule has 0 amide bonds. The molecule has 2 atom stereocenters. The van der Waals surface area contributed by atoms with Gasteiger partial charge in [-0.3, -0.25) is 0 Å². The maximum absolute atomic E-state index is 9.01. The molecule has 0 aromatic heterocycles. The third kappa shape index (κ3) is 3.98. The third-order valence-corrected chi connectivity index (χ3v) is 4.82. The molecule has 2 aromatic carbocycles. The summed E-state index contributed by atoms with van der Waals surface area (Å²) in [6.45, 7) is 3.14. The number of rotatable bonds is 5. The first-order valence-corrected chi connectivity index (χ1v) is 8.02. The molecule has 0 spiro atoms. The Morgan fingerprint density at radius 3 is 2.18 bits per heavy atom. The molecule has 0 aliphatic carbocycles. The lowest BCUT2D eigenvalue weighted by atomic mass is 10.1. The molecule has 0 N–H and O–H groups in total. The van der Waals surface area contributed by atoms with E-state index in [0.29, 0.717) is 12.5 Å². The average molecular weight is 422 g/mol. The molecule has 0 radical (unpaired) electrons. The van der Waals surface area contributed by atoms with Crippen molar-refractivity contribution in [2.75, 3.05) is 6.54 Å². The van der Waals surface area contributed by atoms with Gasteiger partial charge < -0.3 is 21.5 Å². The second-order valence-corrected chi connectivity index (χ2v) is 6.76. The van der Waals surface area contributed by atoms with Crippen LogP contribution in [0, 0.1) is 11.3 Å². The first-order chi connectivity index (χ1) is 10.2. The molecule has 1 heterocycles. The van der Waals surface area contributed by atoms with Gasteiger partial charge in [0.2, 0.25) is 0 Å². The molecule has 1 fully saturated rings. The van der Waals surface area contributed by atoms with Crippen LogP contribution in [0.4, 0.5) is 0 Å². The minimum Gasteiger partial charge on any atom is -1.00 e. The quantitative estimate of drug-likeness (QED) is 0.526. The molecular formula is C18H18Br2N2. The van der Waals surface area contributed by atoms with Crippen LogP contribution in [0.25, 0.3) is 0 Å². The van der Waals surface area contributed by atoms with Crippen LogP contribution < -0.4 is 17.0 Å². The first-order valence-electron chi connectivity index (χ1n) is 7.23. The van der Waals surface area contributed by atoms with Crippen LogP contribution in [0.2, 0.25) is 0 Å². The highest BCUT2D eigenvalue weighted by molar-refractivity contribution is 9.10. The molecule has 3 rings (SSSR count). The molecule has 1 aliphatic heterocycles. The maximum Gasteiger partial charge on any atom is 0.152 e. The van der Waals surface area contributed by atoms with Crippen molar-refractivity contribution < 1.29 is 21.5 Å². The van der Waals surface area contributed by atoms with E-state index in [4.69, 9.17) is 5.26 Å².